The van der Waals surface area contributed by atoms with Crippen molar-refractivity contribution >= 4 is 16.7 Å². The van der Waals surface area contributed by atoms with E-state index in [1.165, 1.54) is 0 Å². The van der Waals surface area contributed by atoms with Gasteiger partial charge < -0.3 is 0 Å². The second-order valence-electron chi connectivity index (χ2n) is 5.82. The summed E-state index contributed by atoms with van der Waals surface area (Å²) in [5.74, 6) is 0.194. The molecule has 0 fully saturated rings. The van der Waals surface area contributed by atoms with Gasteiger partial charge in [-0.2, -0.15) is 0 Å². The number of benzene rings is 1. The highest BCUT2D eigenvalue weighted by molar-refractivity contribution is 6.05. The summed E-state index contributed by atoms with van der Waals surface area (Å²) in [7, 11) is 3.97. The number of rotatable bonds is 5. The van der Waals surface area contributed by atoms with E-state index in [1.54, 1.807) is 0 Å². The van der Waals surface area contributed by atoms with Gasteiger partial charge in [-0.1, -0.05) is 19.9 Å². The van der Waals surface area contributed by atoms with Crippen LogP contribution < -0.4 is 0 Å². The number of aryl methyl sites for hydroxylation is 1. The Kier molecular flexibility index (Phi) is 4.43. The van der Waals surface area contributed by atoms with Gasteiger partial charge in [0, 0.05) is 16.6 Å². The maximum Gasteiger partial charge on any atom is 0.183 e. The average Bonchev–Trinajstić information content (AvgIpc) is 2.48. The molecule has 3 nitrogen and oxygen atoms in total. The lowest BCUT2D eigenvalue weighted by Gasteiger charge is -2.37. The third kappa shape index (κ3) is 2.70. The van der Waals surface area contributed by atoms with Crippen LogP contribution in [0.25, 0.3) is 10.9 Å². The Hall–Kier alpha value is -1.74. The second-order valence-corrected chi connectivity index (χ2v) is 5.82. The fraction of sp³-hybridized carbons (Fsp3) is 0.444. The molecule has 2 rings (SSSR count). The average molecular weight is 284 g/mol. The quantitative estimate of drug-likeness (QED) is 0.782. The normalized spacial score (nSPS) is 12.1. The van der Waals surface area contributed by atoms with Gasteiger partial charge >= 0.3 is 0 Å². The van der Waals surface area contributed by atoms with Gasteiger partial charge in [0.2, 0.25) is 0 Å². The molecule has 112 valence electrons. The molecule has 0 aliphatic heterocycles. The molecule has 0 saturated carbocycles. The summed E-state index contributed by atoms with van der Waals surface area (Å²) < 4.78 is 0. The fourth-order valence-electron chi connectivity index (χ4n) is 3.04. The zero-order valence-electron chi connectivity index (χ0n) is 13.6. The molecular weight excluding hydrogens is 260 g/mol. The molecule has 1 heterocycles. The van der Waals surface area contributed by atoms with Crippen LogP contribution in [0.15, 0.2) is 30.3 Å². The Labute approximate surface area is 127 Å². The molecule has 1 aromatic heterocycles. The van der Waals surface area contributed by atoms with Gasteiger partial charge in [-0.15, -0.1) is 0 Å². The number of nitrogens with zero attached hydrogens (tertiary/aromatic N) is 2. The van der Waals surface area contributed by atoms with Crippen molar-refractivity contribution in [2.75, 3.05) is 14.1 Å². The summed E-state index contributed by atoms with van der Waals surface area (Å²) in [6.07, 6.45) is 1.61. The first-order valence-electron chi connectivity index (χ1n) is 7.54. The van der Waals surface area contributed by atoms with Crippen molar-refractivity contribution in [2.45, 2.75) is 39.2 Å². The summed E-state index contributed by atoms with van der Waals surface area (Å²) in [5.41, 5.74) is 2.28. The zero-order chi connectivity index (χ0) is 15.6. The summed E-state index contributed by atoms with van der Waals surface area (Å²) >= 11 is 0. The lowest BCUT2D eigenvalue weighted by molar-refractivity contribution is 0.0656. The third-order valence-electron chi connectivity index (χ3n) is 4.54. The molecule has 0 amide bonds. The van der Waals surface area contributed by atoms with Crippen LogP contribution in [-0.4, -0.2) is 35.3 Å². The molecule has 21 heavy (non-hydrogen) atoms. The van der Waals surface area contributed by atoms with Crippen molar-refractivity contribution in [1.82, 2.24) is 9.88 Å². The lowest BCUT2D eigenvalue weighted by atomic mass is 9.83. The molecule has 0 unspecified atom stereocenters. The van der Waals surface area contributed by atoms with Crippen LogP contribution in [-0.2, 0) is 0 Å². The van der Waals surface area contributed by atoms with Gasteiger partial charge in [0.1, 0.15) is 0 Å². The number of Topliss-reactive ketones (excluding diaryl/α,β-unsaturated/α-hetero) is 1. The summed E-state index contributed by atoms with van der Waals surface area (Å²) in [4.78, 5) is 19.6. The number of carbonyl (C=O) groups excluding carboxylic acids is 1. The van der Waals surface area contributed by atoms with Crippen LogP contribution in [0.1, 0.15) is 42.7 Å². The lowest BCUT2D eigenvalue weighted by Crippen LogP contribution is -2.50. The topological polar surface area (TPSA) is 33.2 Å². The highest BCUT2D eigenvalue weighted by atomic mass is 16.1. The number of likely N-dealkylation sites (N-methyl/N-ethyl adjacent to an activating group) is 1. The number of hydrogen-bond acceptors (Lipinski definition) is 3. The van der Waals surface area contributed by atoms with E-state index in [2.05, 4.69) is 18.8 Å². The molecule has 1 aromatic carbocycles. The molecule has 3 heteroatoms. The molecule has 2 aromatic rings. The Bertz CT molecular complexity index is 657. The van der Waals surface area contributed by atoms with Crippen molar-refractivity contribution in [3.63, 3.8) is 0 Å². The zero-order valence-corrected chi connectivity index (χ0v) is 13.6. The molecule has 0 aliphatic carbocycles. The van der Waals surface area contributed by atoms with Gasteiger partial charge in [-0.05, 0) is 58.1 Å². The minimum atomic E-state index is -0.425. The van der Waals surface area contributed by atoms with Crippen molar-refractivity contribution in [3.8, 4) is 0 Å². The highest BCUT2D eigenvalue weighted by Gasteiger charge is 2.37. The number of carbonyl (C=O) groups is 1. The van der Waals surface area contributed by atoms with E-state index >= 15 is 0 Å². The van der Waals surface area contributed by atoms with Crippen LogP contribution >= 0.6 is 0 Å². The first-order valence-corrected chi connectivity index (χ1v) is 7.54. The van der Waals surface area contributed by atoms with Gasteiger partial charge in [0.15, 0.2) is 5.78 Å². The van der Waals surface area contributed by atoms with E-state index in [0.717, 1.165) is 35.0 Å². The van der Waals surface area contributed by atoms with E-state index in [0.29, 0.717) is 0 Å². The highest BCUT2D eigenvalue weighted by Crippen LogP contribution is 2.27. The molecular formula is C18H24N2O. The molecule has 0 N–H and O–H groups in total. The molecule has 0 bridgehead atoms. The maximum absolute atomic E-state index is 13.0. The standard InChI is InChI=1S/C18H24N2O/c1-6-18(7-2,20(4)5)17(21)15-10-11-16-14(12-15)9-8-13(3)19-16/h8-12H,6-7H2,1-5H3. The van der Waals surface area contributed by atoms with Crippen LogP contribution in [0.4, 0.5) is 0 Å². The minimum absolute atomic E-state index is 0.194. The number of pyridine rings is 1. The van der Waals surface area contributed by atoms with Crippen molar-refractivity contribution < 1.29 is 4.79 Å². The summed E-state index contributed by atoms with van der Waals surface area (Å²) in [5, 5.41) is 1.02. The Morgan fingerprint density at radius 2 is 1.81 bits per heavy atom. The second kappa shape index (κ2) is 5.94. The van der Waals surface area contributed by atoms with E-state index in [1.807, 2.05) is 56.3 Å². The van der Waals surface area contributed by atoms with Gasteiger partial charge in [0.25, 0.3) is 0 Å². The van der Waals surface area contributed by atoms with E-state index < -0.39 is 5.54 Å². The van der Waals surface area contributed by atoms with Gasteiger partial charge in [0.05, 0.1) is 11.1 Å². The smallest absolute Gasteiger partial charge is 0.183 e. The largest absolute Gasteiger partial charge is 0.297 e. The van der Waals surface area contributed by atoms with E-state index in [9.17, 15) is 4.79 Å². The molecule has 0 radical (unpaired) electrons. The third-order valence-corrected chi connectivity index (χ3v) is 4.54. The minimum Gasteiger partial charge on any atom is -0.297 e. The number of aromatic nitrogens is 1. The number of hydrogen-bond donors (Lipinski definition) is 0. The van der Waals surface area contributed by atoms with Crippen LogP contribution in [0.3, 0.4) is 0 Å². The van der Waals surface area contributed by atoms with Crippen LogP contribution in [0.2, 0.25) is 0 Å². The van der Waals surface area contributed by atoms with E-state index in [4.69, 9.17) is 0 Å². The molecule has 0 saturated heterocycles. The van der Waals surface area contributed by atoms with Crippen molar-refractivity contribution in [2.24, 2.45) is 0 Å². The van der Waals surface area contributed by atoms with Crippen molar-refractivity contribution in [1.29, 1.82) is 0 Å². The fourth-order valence-corrected chi connectivity index (χ4v) is 3.04. The summed E-state index contributed by atoms with van der Waals surface area (Å²) in [6.45, 7) is 6.13. The van der Waals surface area contributed by atoms with Gasteiger partial charge in [-0.25, -0.2) is 0 Å². The maximum atomic E-state index is 13.0. The number of fused-ring (bicyclic) bond motifs is 1. The molecule has 0 aliphatic rings. The predicted octanol–water partition coefficient (Wildman–Crippen LogP) is 3.85. The monoisotopic (exact) mass is 284 g/mol. The first kappa shape index (κ1) is 15.6. The van der Waals surface area contributed by atoms with Crippen LogP contribution in [0, 0.1) is 6.92 Å². The molecule has 0 spiro atoms. The SMILES string of the molecule is CCC(CC)(C(=O)c1ccc2nc(C)ccc2c1)N(C)C. The first-order chi connectivity index (χ1) is 9.94. The number of ketones is 1. The van der Waals surface area contributed by atoms with Crippen LogP contribution in [0.5, 0.6) is 0 Å². The molecule has 0 atom stereocenters. The Morgan fingerprint density at radius 1 is 1.14 bits per heavy atom. The van der Waals surface area contributed by atoms with E-state index in [-0.39, 0.29) is 5.78 Å². The summed E-state index contributed by atoms with van der Waals surface area (Å²) in [6, 6.07) is 9.83. The van der Waals surface area contributed by atoms with Gasteiger partial charge in [-0.3, -0.25) is 14.7 Å². The Balaban J connectivity index is 2.50. The van der Waals surface area contributed by atoms with Crippen molar-refractivity contribution in [3.05, 3.63) is 41.6 Å². The predicted molar refractivity (Wildman–Crippen MR) is 87.8 cm³/mol. The Morgan fingerprint density at radius 3 is 2.38 bits per heavy atom.